The predicted molar refractivity (Wildman–Crippen MR) is 77.3 cm³/mol. The molecule has 3 heterocycles. The van der Waals surface area contributed by atoms with Gasteiger partial charge in [0.2, 0.25) is 5.91 Å². The minimum atomic E-state index is 0.0171. The fourth-order valence-corrected chi connectivity index (χ4v) is 3.54. The van der Waals surface area contributed by atoms with Gasteiger partial charge >= 0.3 is 0 Å². The number of amides is 1. The molecule has 1 aromatic heterocycles. The molecule has 1 aromatic rings. The molecule has 1 N–H and O–H groups in total. The van der Waals surface area contributed by atoms with Crippen LogP contribution < -0.4 is 5.32 Å². The molecule has 2 aliphatic rings. The van der Waals surface area contributed by atoms with Gasteiger partial charge in [0.15, 0.2) is 5.76 Å². The second kappa shape index (κ2) is 6.15. The maximum Gasteiger partial charge on any atom is 0.240 e. The summed E-state index contributed by atoms with van der Waals surface area (Å²) < 4.78 is 5.24. The summed E-state index contributed by atoms with van der Waals surface area (Å²) in [7, 11) is 0. The van der Waals surface area contributed by atoms with Crippen molar-refractivity contribution >= 4 is 17.7 Å². The Labute approximate surface area is 122 Å². The number of aryl methyl sites for hydroxylation is 1. The number of nitrogens with zero attached hydrogens (tertiary/aromatic N) is 3. The Morgan fingerprint density at radius 1 is 1.50 bits per heavy atom. The van der Waals surface area contributed by atoms with Gasteiger partial charge in [-0.3, -0.25) is 15.0 Å². The molecule has 2 saturated heterocycles. The fraction of sp³-hybridized carbons (Fsp3) is 0.692. The maximum atomic E-state index is 12.3. The SMILES string of the molecule is Cc1cc(CN2CCN(C(=O)C3CSCN3)CC2)on1. The first-order valence-electron chi connectivity index (χ1n) is 6.97. The van der Waals surface area contributed by atoms with Gasteiger partial charge in [-0.05, 0) is 6.92 Å². The highest BCUT2D eigenvalue weighted by atomic mass is 32.2. The molecule has 0 spiro atoms. The molecule has 0 saturated carbocycles. The molecule has 2 aliphatic heterocycles. The molecule has 110 valence electrons. The molecular formula is C13H20N4O2S. The molecule has 0 aromatic carbocycles. The largest absolute Gasteiger partial charge is 0.360 e. The number of nitrogens with one attached hydrogen (secondary N) is 1. The number of carbonyl (C=O) groups is 1. The number of thioether (sulfide) groups is 1. The number of piperazine rings is 1. The molecule has 2 fully saturated rings. The smallest absolute Gasteiger partial charge is 0.240 e. The summed E-state index contributed by atoms with van der Waals surface area (Å²) in [6.07, 6.45) is 0. The van der Waals surface area contributed by atoms with E-state index in [2.05, 4.69) is 15.4 Å². The lowest BCUT2D eigenvalue weighted by molar-refractivity contribution is -0.134. The zero-order valence-corrected chi connectivity index (χ0v) is 12.5. The summed E-state index contributed by atoms with van der Waals surface area (Å²) in [5, 5.41) is 7.14. The van der Waals surface area contributed by atoms with E-state index in [1.165, 1.54) is 0 Å². The van der Waals surface area contributed by atoms with Crippen molar-refractivity contribution in [2.24, 2.45) is 0 Å². The lowest BCUT2D eigenvalue weighted by Crippen LogP contribution is -2.53. The molecule has 0 bridgehead atoms. The van der Waals surface area contributed by atoms with Gasteiger partial charge in [-0.2, -0.15) is 0 Å². The fourth-order valence-electron chi connectivity index (χ4n) is 2.61. The molecule has 0 aliphatic carbocycles. The minimum Gasteiger partial charge on any atom is -0.360 e. The van der Waals surface area contributed by atoms with Crippen molar-refractivity contribution in [2.45, 2.75) is 19.5 Å². The summed E-state index contributed by atoms with van der Waals surface area (Å²) in [6.45, 7) is 6.09. The van der Waals surface area contributed by atoms with Crippen LogP contribution in [0.25, 0.3) is 0 Å². The van der Waals surface area contributed by atoms with Gasteiger partial charge < -0.3 is 9.42 Å². The van der Waals surface area contributed by atoms with Crippen LogP contribution >= 0.6 is 11.8 Å². The van der Waals surface area contributed by atoms with Crippen LogP contribution in [-0.4, -0.2) is 64.7 Å². The van der Waals surface area contributed by atoms with Gasteiger partial charge in [-0.25, -0.2) is 0 Å². The molecule has 6 nitrogen and oxygen atoms in total. The van der Waals surface area contributed by atoms with Crippen LogP contribution in [0, 0.1) is 6.92 Å². The average Bonchev–Trinajstić information content (AvgIpc) is 3.11. The van der Waals surface area contributed by atoms with Crippen LogP contribution in [0.4, 0.5) is 0 Å². The standard InChI is InChI=1S/C13H20N4O2S/c1-10-6-11(19-15-10)7-16-2-4-17(5-3-16)13(18)12-8-20-9-14-12/h6,12,14H,2-5,7-9H2,1H3. The second-order valence-electron chi connectivity index (χ2n) is 5.31. The Morgan fingerprint density at radius 3 is 2.90 bits per heavy atom. The van der Waals surface area contributed by atoms with E-state index in [0.29, 0.717) is 0 Å². The lowest BCUT2D eigenvalue weighted by atomic mass is 10.2. The van der Waals surface area contributed by atoms with Crippen molar-refractivity contribution in [3.63, 3.8) is 0 Å². The third-order valence-electron chi connectivity index (χ3n) is 3.75. The minimum absolute atomic E-state index is 0.0171. The highest BCUT2D eigenvalue weighted by Gasteiger charge is 2.29. The Morgan fingerprint density at radius 2 is 2.30 bits per heavy atom. The van der Waals surface area contributed by atoms with Crippen LogP contribution in [0.2, 0.25) is 0 Å². The highest BCUT2D eigenvalue weighted by molar-refractivity contribution is 7.99. The van der Waals surface area contributed by atoms with E-state index in [4.69, 9.17) is 4.52 Å². The van der Waals surface area contributed by atoms with E-state index in [9.17, 15) is 4.79 Å². The Balaban J connectivity index is 1.48. The van der Waals surface area contributed by atoms with Crippen molar-refractivity contribution < 1.29 is 9.32 Å². The lowest BCUT2D eigenvalue weighted by Gasteiger charge is -2.35. The maximum absolute atomic E-state index is 12.3. The summed E-state index contributed by atoms with van der Waals surface area (Å²) in [5.41, 5.74) is 0.915. The summed E-state index contributed by atoms with van der Waals surface area (Å²) in [4.78, 5) is 16.6. The van der Waals surface area contributed by atoms with E-state index in [-0.39, 0.29) is 11.9 Å². The van der Waals surface area contributed by atoms with Gasteiger partial charge in [0.1, 0.15) is 0 Å². The van der Waals surface area contributed by atoms with Gasteiger partial charge in [0.05, 0.1) is 18.3 Å². The Bertz CT molecular complexity index is 465. The van der Waals surface area contributed by atoms with Gasteiger partial charge in [-0.1, -0.05) is 5.16 Å². The van der Waals surface area contributed by atoms with E-state index in [0.717, 1.165) is 55.8 Å². The quantitative estimate of drug-likeness (QED) is 0.865. The van der Waals surface area contributed by atoms with Crippen LogP contribution in [0.1, 0.15) is 11.5 Å². The van der Waals surface area contributed by atoms with Crippen molar-refractivity contribution in [3.05, 3.63) is 17.5 Å². The first-order chi connectivity index (χ1) is 9.72. The zero-order chi connectivity index (χ0) is 13.9. The molecule has 1 amide bonds. The summed E-state index contributed by atoms with van der Waals surface area (Å²) >= 11 is 1.79. The predicted octanol–water partition coefficient (Wildman–Crippen LogP) is 0.290. The first-order valence-corrected chi connectivity index (χ1v) is 8.12. The number of hydrogen-bond donors (Lipinski definition) is 1. The highest BCUT2D eigenvalue weighted by Crippen LogP contribution is 2.14. The van der Waals surface area contributed by atoms with E-state index in [1.54, 1.807) is 11.8 Å². The molecule has 3 rings (SSSR count). The number of rotatable bonds is 3. The monoisotopic (exact) mass is 296 g/mol. The average molecular weight is 296 g/mol. The number of carbonyl (C=O) groups excluding carboxylic acids is 1. The van der Waals surface area contributed by atoms with Crippen molar-refractivity contribution in [2.75, 3.05) is 37.8 Å². The summed E-state index contributed by atoms with van der Waals surface area (Å²) in [6, 6.07) is 1.99. The second-order valence-corrected chi connectivity index (χ2v) is 6.34. The molecule has 0 radical (unpaired) electrons. The van der Waals surface area contributed by atoms with Crippen molar-refractivity contribution in [3.8, 4) is 0 Å². The van der Waals surface area contributed by atoms with Crippen molar-refractivity contribution in [1.29, 1.82) is 0 Å². The Hall–Kier alpha value is -1.05. The molecular weight excluding hydrogens is 276 g/mol. The van der Waals surface area contributed by atoms with E-state index < -0.39 is 0 Å². The van der Waals surface area contributed by atoms with Crippen LogP contribution in [-0.2, 0) is 11.3 Å². The molecule has 1 atom stereocenters. The topological polar surface area (TPSA) is 61.6 Å². The zero-order valence-electron chi connectivity index (χ0n) is 11.7. The number of hydrogen-bond acceptors (Lipinski definition) is 6. The van der Waals surface area contributed by atoms with E-state index >= 15 is 0 Å². The van der Waals surface area contributed by atoms with Gasteiger partial charge in [0.25, 0.3) is 0 Å². The Kier molecular flexibility index (Phi) is 4.28. The van der Waals surface area contributed by atoms with Gasteiger partial charge in [-0.15, -0.1) is 11.8 Å². The third kappa shape index (κ3) is 3.16. The third-order valence-corrected chi connectivity index (χ3v) is 4.69. The van der Waals surface area contributed by atoms with Crippen LogP contribution in [0.15, 0.2) is 10.6 Å². The summed E-state index contributed by atoms with van der Waals surface area (Å²) in [5.74, 6) is 2.94. The normalized spacial score (nSPS) is 24.2. The molecule has 20 heavy (non-hydrogen) atoms. The van der Waals surface area contributed by atoms with Gasteiger partial charge in [0, 0.05) is 43.9 Å². The first kappa shape index (κ1) is 13.9. The molecule has 1 unspecified atom stereocenters. The van der Waals surface area contributed by atoms with E-state index in [1.807, 2.05) is 17.9 Å². The molecule has 7 heteroatoms. The van der Waals surface area contributed by atoms with Crippen LogP contribution in [0.3, 0.4) is 0 Å². The van der Waals surface area contributed by atoms with Crippen LogP contribution in [0.5, 0.6) is 0 Å². The van der Waals surface area contributed by atoms with Crippen molar-refractivity contribution in [1.82, 2.24) is 20.3 Å². The number of aromatic nitrogens is 1.